The predicted octanol–water partition coefficient (Wildman–Crippen LogP) is 1.56. The molecule has 0 spiro atoms. The molecule has 1 amide bonds. The minimum atomic E-state index is -0.472. The van der Waals surface area contributed by atoms with E-state index in [0.29, 0.717) is 15.8 Å². The number of carbonyl (C=O) groups is 1. The molecule has 0 aliphatic carbocycles. The van der Waals surface area contributed by atoms with Gasteiger partial charge in [-0.2, -0.15) is 0 Å². The molecule has 0 saturated heterocycles. The molecule has 0 bridgehead atoms. The van der Waals surface area contributed by atoms with Crippen LogP contribution in [-0.2, 0) is 0 Å². The van der Waals surface area contributed by atoms with Gasteiger partial charge < -0.3 is 10.5 Å². The third kappa shape index (κ3) is 1.58. The third-order valence-electron chi connectivity index (χ3n) is 1.45. The molecule has 1 rings (SSSR count). The van der Waals surface area contributed by atoms with Crippen molar-refractivity contribution < 1.29 is 9.53 Å². The summed E-state index contributed by atoms with van der Waals surface area (Å²) in [6.45, 7) is 0. The van der Waals surface area contributed by atoms with Crippen LogP contribution in [0, 0.1) is 0 Å². The van der Waals surface area contributed by atoms with Gasteiger partial charge in [-0.15, -0.1) is 0 Å². The molecular weight excluding hydrogens is 222 g/mol. The maximum Gasteiger partial charge on any atom is 0.249 e. The lowest BCUT2D eigenvalue weighted by molar-refractivity contribution is 0.0999. The van der Waals surface area contributed by atoms with Crippen molar-refractivity contribution >= 4 is 21.8 Å². The van der Waals surface area contributed by atoms with Gasteiger partial charge in [-0.25, -0.2) is 0 Å². The fourth-order valence-corrected chi connectivity index (χ4v) is 1.48. The van der Waals surface area contributed by atoms with E-state index in [2.05, 4.69) is 15.9 Å². The standard InChI is InChI=1S/C8H8BrNO2/c1-12-6-4-2-3-5(7(6)9)8(10)11/h2-4H,1H3,(H2,10,11). The lowest BCUT2D eigenvalue weighted by Crippen LogP contribution is -2.11. The number of benzene rings is 1. The minimum absolute atomic E-state index is 0.425. The fourth-order valence-electron chi connectivity index (χ4n) is 0.859. The van der Waals surface area contributed by atoms with Crippen LogP contribution in [0.3, 0.4) is 0 Å². The smallest absolute Gasteiger partial charge is 0.249 e. The Bertz CT molecular complexity index is 312. The van der Waals surface area contributed by atoms with E-state index in [1.807, 2.05) is 0 Å². The number of halogens is 1. The molecule has 64 valence electrons. The number of hydrogen-bond donors (Lipinski definition) is 1. The van der Waals surface area contributed by atoms with Crippen LogP contribution in [0.4, 0.5) is 0 Å². The molecule has 2 N–H and O–H groups in total. The van der Waals surface area contributed by atoms with Crippen LogP contribution in [0.2, 0.25) is 0 Å². The van der Waals surface area contributed by atoms with Crippen LogP contribution in [0.25, 0.3) is 0 Å². The van der Waals surface area contributed by atoms with Crippen molar-refractivity contribution in [2.45, 2.75) is 0 Å². The summed E-state index contributed by atoms with van der Waals surface area (Å²) < 4.78 is 5.58. The third-order valence-corrected chi connectivity index (χ3v) is 2.27. The largest absolute Gasteiger partial charge is 0.496 e. The van der Waals surface area contributed by atoms with Crippen LogP contribution in [-0.4, -0.2) is 13.0 Å². The topological polar surface area (TPSA) is 52.3 Å². The lowest BCUT2D eigenvalue weighted by atomic mass is 10.2. The first kappa shape index (κ1) is 9.06. The van der Waals surface area contributed by atoms with E-state index >= 15 is 0 Å². The second-order valence-corrected chi connectivity index (χ2v) is 2.98. The second kappa shape index (κ2) is 3.58. The Kier molecular flexibility index (Phi) is 2.70. The Morgan fingerprint density at radius 1 is 1.58 bits per heavy atom. The first-order valence-corrected chi connectivity index (χ1v) is 4.08. The first-order valence-electron chi connectivity index (χ1n) is 3.29. The summed E-state index contributed by atoms with van der Waals surface area (Å²) in [4.78, 5) is 10.8. The van der Waals surface area contributed by atoms with E-state index in [1.54, 1.807) is 18.2 Å². The van der Waals surface area contributed by atoms with Crippen molar-refractivity contribution in [3.05, 3.63) is 28.2 Å². The molecule has 0 aliphatic heterocycles. The highest BCUT2D eigenvalue weighted by Gasteiger charge is 2.09. The minimum Gasteiger partial charge on any atom is -0.496 e. The Hall–Kier alpha value is -1.03. The number of amides is 1. The van der Waals surface area contributed by atoms with Gasteiger partial charge in [-0.1, -0.05) is 6.07 Å². The average molecular weight is 230 g/mol. The number of carbonyl (C=O) groups excluding carboxylic acids is 1. The quantitative estimate of drug-likeness (QED) is 0.837. The molecule has 0 atom stereocenters. The number of ether oxygens (including phenoxy) is 1. The number of hydrogen-bond acceptors (Lipinski definition) is 2. The number of methoxy groups -OCH3 is 1. The second-order valence-electron chi connectivity index (χ2n) is 2.19. The molecule has 0 heterocycles. The molecule has 1 aromatic carbocycles. The summed E-state index contributed by atoms with van der Waals surface area (Å²) in [6.07, 6.45) is 0. The molecule has 0 fully saturated rings. The predicted molar refractivity (Wildman–Crippen MR) is 49.2 cm³/mol. The number of primary amides is 1. The van der Waals surface area contributed by atoms with Gasteiger partial charge in [0.15, 0.2) is 0 Å². The summed E-state index contributed by atoms with van der Waals surface area (Å²) in [5, 5.41) is 0. The van der Waals surface area contributed by atoms with Gasteiger partial charge in [0.2, 0.25) is 5.91 Å². The fraction of sp³-hybridized carbons (Fsp3) is 0.125. The van der Waals surface area contributed by atoms with E-state index < -0.39 is 5.91 Å². The molecule has 1 aromatic rings. The van der Waals surface area contributed by atoms with Crippen molar-refractivity contribution in [3.8, 4) is 5.75 Å². The SMILES string of the molecule is COc1cccc(C(N)=O)c1Br. The highest BCUT2D eigenvalue weighted by Crippen LogP contribution is 2.27. The van der Waals surface area contributed by atoms with Gasteiger partial charge in [0.1, 0.15) is 5.75 Å². The van der Waals surface area contributed by atoms with Gasteiger partial charge in [-0.05, 0) is 28.1 Å². The molecule has 12 heavy (non-hydrogen) atoms. The highest BCUT2D eigenvalue weighted by atomic mass is 79.9. The summed E-state index contributed by atoms with van der Waals surface area (Å²) in [5.74, 6) is 0.132. The molecule has 0 aromatic heterocycles. The molecule has 0 aliphatic rings. The molecule has 4 heteroatoms. The van der Waals surface area contributed by atoms with Gasteiger partial charge in [0, 0.05) is 0 Å². The Balaban J connectivity index is 3.23. The molecule has 0 saturated carbocycles. The van der Waals surface area contributed by atoms with Crippen molar-refractivity contribution in [1.82, 2.24) is 0 Å². The Labute approximate surface area is 78.6 Å². The van der Waals surface area contributed by atoms with E-state index in [4.69, 9.17) is 10.5 Å². The van der Waals surface area contributed by atoms with E-state index in [1.165, 1.54) is 7.11 Å². The Morgan fingerprint density at radius 2 is 2.25 bits per heavy atom. The summed E-state index contributed by atoms with van der Waals surface area (Å²) in [6, 6.07) is 5.09. The zero-order valence-corrected chi connectivity index (χ0v) is 8.09. The number of nitrogens with two attached hydrogens (primary N) is 1. The molecular formula is C8H8BrNO2. The summed E-state index contributed by atoms with van der Waals surface area (Å²) >= 11 is 3.22. The monoisotopic (exact) mass is 229 g/mol. The first-order chi connectivity index (χ1) is 5.66. The molecule has 0 unspecified atom stereocenters. The van der Waals surface area contributed by atoms with Crippen molar-refractivity contribution in [2.24, 2.45) is 5.73 Å². The van der Waals surface area contributed by atoms with Gasteiger partial charge in [0.05, 0.1) is 17.1 Å². The summed E-state index contributed by atoms with van der Waals surface area (Å²) in [5.41, 5.74) is 5.54. The van der Waals surface area contributed by atoms with Crippen LogP contribution in [0.5, 0.6) is 5.75 Å². The van der Waals surface area contributed by atoms with Crippen molar-refractivity contribution in [1.29, 1.82) is 0 Å². The van der Waals surface area contributed by atoms with E-state index in [-0.39, 0.29) is 0 Å². The normalized spacial score (nSPS) is 9.50. The van der Waals surface area contributed by atoms with Gasteiger partial charge in [-0.3, -0.25) is 4.79 Å². The highest BCUT2D eigenvalue weighted by molar-refractivity contribution is 9.10. The van der Waals surface area contributed by atoms with Crippen LogP contribution in [0.15, 0.2) is 22.7 Å². The van der Waals surface area contributed by atoms with E-state index in [0.717, 1.165) is 0 Å². The van der Waals surface area contributed by atoms with E-state index in [9.17, 15) is 4.79 Å². The van der Waals surface area contributed by atoms with Gasteiger partial charge >= 0.3 is 0 Å². The maximum atomic E-state index is 10.8. The van der Waals surface area contributed by atoms with Gasteiger partial charge in [0.25, 0.3) is 0 Å². The van der Waals surface area contributed by atoms with Crippen LogP contribution >= 0.6 is 15.9 Å². The summed E-state index contributed by atoms with van der Waals surface area (Å²) in [7, 11) is 1.53. The lowest BCUT2D eigenvalue weighted by Gasteiger charge is -2.04. The van der Waals surface area contributed by atoms with Crippen LogP contribution < -0.4 is 10.5 Å². The molecule has 3 nitrogen and oxygen atoms in total. The Morgan fingerprint density at radius 3 is 2.75 bits per heavy atom. The average Bonchev–Trinajstić information content (AvgIpc) is 2.04. The van der Waals surface area contributed by atoms with Crippen molar-refractivity contribution in [3.63, 3.8) is 0 Å². The zero-order chi connectivity index (χ0) is 9.14. The zero-order valence-electron chi connectivity index (χ0n) is 6.50. The van der Waals surface area contributed by atoms with Crippen molar-refractivity contribution in [2.75, 3.05) is 7.11 Å². The molecule has 0 radical (unpaired) electrons. The number of rotatable bonds is 2. The van der Waals surface area contributed by atoms with Crippen LogP contribution in [0.1, 0.15) is 10.4 Å². The maximum absolute atomic E-state index is 10.8.